The van der Waals surface area contributed by atoms with Crippen LogP contribution in [0.5, 0.6) is 0 Å². The molecule has 1 aromatic heterocycles. The normalized spacial score (nSPS) is 11.4. The summed E-state index contributed by atoms with van der Waals surface area (Å²) in [7, 11) is 0. The molecule has 0 aliphatic rings. The van der Waals surface area contributed by atoms with Gasteiger partial charge in [-0.15, -0.1) is 0 Å². The number of ketones is 1. The number of carbonyl (C=O) groups excluding carboxylic acids is 1. The molecule has 2 rings (SSSR count). The third kappa shape index (κ3) is 3.18. The molecule has 2 aromatic rings. The Morgan fingerprint density at radius 2 is 2.00 bits per heavy atom. The van der Waals surface area contributed by atoms with Crippen LogP contribution in [-0.2, 0) is 3.79 Å². The highest BCUT2D eigenvalue weighted by molar-refractivity contribution is 6.66. The van der Waals surface area contributed by atoms with Crippen molar-refractivity contribution in [1.82, 2.24) is 5.16 Å². The maximum absolute atomic E-state index is 12.3. The number of carbonyl (C=O) groups is 1. The number of nitrogens with zero attached hydrogens (tertiary/aromatic N) is 2. The van der Waals surface area contributed by atoms with E-state index >= 15 is 0 Å². The molecule has 0 saturated carbocycles. The second-order valence-corrected chi connectivity index (χ2v) is 6.39. The second kappa shape index (κ2) is 5.63. The van der Waals surface area contributed by atoms with E-state index in [0.717, 1.165) is 6.07 Å². The van der Waals surface area contributed by atoms with Gasteiger partial charge in [-0.3, -0.25) is 14.9 Å². The van der Waals surface area contributed by atoms with Crippen LogP contribution < -0.4 is 0 Å². The van der Waals surface area contributed by atoms with Gasteiger partial charge in [-0.25, -0.2) is 0 Å². The van der Waals surface area contributed by atoms with E-state index in [0.29, 0.717) is 0 Å². The van der Waals surface area contributed by atoms with Crippen molar-refractivity contribution in [3.63, 3.8) is 0 Å². The highest BCUT2D eigenvalue weighted by Crippen LogP contribution is 2.40. The SMILES string of the molecule is Cc1oncc1C(=O)c1ccc(C(Cl)(Cl)Cl)cc1[N+](=O)[O-]. The van der Waals surface area contributed by atoms with E-state index in [2.05, 4.69) is 5.16 Å². The van der Waals surface area contributed by atoms with Crippen molar-refractivity contribution in [2.75, 3.05) is 0 Å². The van der Waals surface area contributed by atoms with E-state index in [1.165, 1.54) is 25.3 Å². The predicted molar refractivity (Wildman–Crippen MR) is 77.0 cm³/mol. The molecule has 0 spiro atoms. The number of hydrogen-bond donors (Lipinski definition) is 0. The minimum Gasteiger partial charge on any atom is -0.361 e. The topological polar surface area (TPSA) is 86.2 Å². The first kappa shape index (κ1) is 15.8. The third-order valence-electron chi connectivity index (χ3n) is 2.76. The average Bonchev–Trinajstić information content (AvgIpc) is 2.82. The van der Waals surface area contributed by atoms with E-state index < -0.39 is 20.2 Å². The molecular weight excluding hydrogens is 343 g/mol. The van der Waals surface area contributed by atoms with Gasteiger partial charge in [0, 0.05) is 11.6 Å². The lowest BCUT2D eigenvalue weighted by molar-refractivity contribution is -0.385. The van der Waals surface area contributed by atoms with Crippen LogP contribution in [0.2, 0.25) is 0 Å². The molecule has 21 heavy (non-hydrogen) atoms. The van der Waals surface area contributed by atoms with Crippen molar-refractivity contribution in [1.29, 1.82) is 0 Å². The van der Waals surface area contributed by atoms with Crippen LogP contribution in [0.25, 0.3) is 0 Å². The quantitative estimate of drug-likeness (QED) is 0.362. The van der Waals surface area contributed by atoms with E-state index in [9.17, 15) is 14.9 Å². The zero-order chi connectivity index (χ0) is 15.8. The Hall–Kier alpha value is -1.63. The highest BCUT2D eigenvalue weighted by atomic mass is 35.6. The van der Waals surface area contributed by atoms with E-state index in [1.54, 1.807) is 0 Å². The number of aryl methyl sites for hydroxylation is 1. The van der Waals surface area contributed by atoms with Gasteiger partial charge in [0.05, 0.1) is 16.7 Å². The van der Waals surface area contributed by atoms with Crippen molar-refractivity contribution in [3.05, 3.63) is 57.0 Å². The maximum Gasteiger partial charge on any atom is 0.280 e. The largest absolute Gasteiger partial charge is 0.361 e. The first-order chi connectivity index (χ1) is 9.71. The summed E-state index contributed by atoms with van der Waals surface area (Å²) in [6.45, 7) is 1.53. The monoisotopic (exact) mass is 348 g/mol. The fourth-order valence-corrected chi connectivity index (χ4v) is 2.07. The molecular formula is C12H7Cl3N2O4. The van der Waals surface area contributed by atoms with Gasteiger partial charge >= 0.3 is 0 Å². The van der Waals surface area contributed by atoms with Crippen LogP contribution in [0.3, 0.4) is 0 Å². The van der Waals surface area contributed by atoms with Gasteiger partial charge in [-0.2, -0.15) is 0 Å². The van der Waals surface area contributed by atoms with Crippen molar-refractivity contribution < 1.29 is 14.2 Å². The summed E-state index contributed by atoms with van der Waals surface area (Å²) >= 11 is 17.1. The molecule has 0 aliphatic heterocycles. The Bertz CT molecular complexity index is 722. The van der Waals surface area contributed by atoms with Crippen LogP contribution in [0.1, 0.15) is 27.2 Å². The van der Waals surface area contributed by atoms with Crippen molar-refractivity contribution >= 4 is 46.3 Å². The fourth-order valence-electron chi connectivity index (χ4n) is 1.71. The first-order valence-electron chi connectivity index (χ1n) is 5.53. The zero-order valence-corrected chi connectivity index (χ0v) is 12.7. The second-order valence-electron chi connectivity index (χ2n) is 4.11. The number of halogens is 3. The van der Waals surface area contributed by atoms with Crippen LogP contribution in [0.4, 0.5) is 5.69 Å². The Kier molecular flexibility index (Phi) is 4.22. The lowest BCUT2D eigenvalue weighted by Gasteiger charge is -2.11. The number of nitro groups is 1. The number of nitro benzene ring substituents is 1. The van der Waals surface area contributed by atoms with Gasteiger partial charge in [-0.1, -0.05) is 46.0 Å². The van der Waals surface area contributed by atoms with E-state index in [4.69, 9.17) is 39.3 Å². The Morgan fingerprint density at radius 1 is 1.33 bits per heavy atom. The van der Waals surface area contributed by atoms with Crippen LogP contribution in [0.15, 0.2) is 28.9 Å². The van der Waals surface area contributed by atoms with Gasteiger partial charge in [0.1, 0.15) is 11.3 Å². The summed E-state index contributed by atoms with van der Waals surface area (Å²) in [4.78, 5) is 22.7. The average molecular weight is 350 g/mol. The molecule has 0 aliphatic carbocycles. The Morgan fingerprint density at radius 3 is 2.48 bits per heavy atom. The van der Waals surface area contributed by atoms with E-state index in [-0.39, 0.29) is 22.5 Å². The minimum absolute atomic E-state index is 0.0952. The number of aromatic nitrogens is 1. The number of benzene rings is 1. The van der Waals surface area contributed by atoms with Gasteiger partial charge in [-0.05, 0) is 13.0 Å². The summed E-state index contributed by atoms with van der Waals surface area (Å²) in [6, 6.07) is 3.64. The van der Waals surface area contributed by atoms with Crippen LogP contribution >= 0.6 is 34.8 Å². The highest BCUT2D eigenvalue weighted by Gasteiger charge is 2.29. The molecule has 1 aromatic carbocycles. The van der Waals surface area contributed by atoms with Crippen LogP contribution in [-0.4, -0.2) is 15.9 Å². The summed E-state index contributed by atoms with van der Waals surface area (Å²) in [5.41, 5.74) is -0.355. The summed E-state index contributed by atoms with van der Waals surface area (Å²) in [5, 5.41) is 14.6. The summed E-state index contributed by atoms with van der Waals surface area (Å²) in [5.74, 6) is -0.323. The van der Waals surface area contributed by atoms with Gasteiger partial charge in [0.2, 0.25) is 9.58 Å². The van der Waals surface area contributed by atoms with Gasteiger partial charge < -0.3 is 4.52 Å². The third-order valence-corrected chi connectivity index (χ3v) is 3.42. The lowest BCUT2D eigenvalue weighted by atomic mass is 10.0. The molecule has 0 fully saturated rings. The smallest absolute Gasteiger partial charge is 0.280 e. The van der Waals surface area contributed by atoms with Crippen molar-refractivity contribution in [3.8, 4) is 0 Å². The minimum atomic E-state index is -1.82. The molecule has 110 valence electrons. The summed E-state index contributed by atoms with van der Waals surface area (Å²) < 4.78 is 2.96. The van der Waals surface area contributed by atoms with E-state index in [1.807, 2.05) is 0 Å². The molecule has 0 atom stereocenters. The molecule has 6 nitrogen and oxygen atoms in total. The number of hydrogen-bond acceptors (Lipinski definition) is 5. The zero-order valence-electron chi connectivity index (χ0n) is 10.5. The molecule has 0 saturated heterocycles. The molecule has 9 heteroatoms. The molecule has 0 N–H and O–H groups in total. The lowest BCUT2D eigenvalue weighted by Crippen LogP contribution is -2.08. The summed E-state index contributed by atoms with van der Waals surface area (Å²) in [6.07, 6.45) is 1.20. The number of alkyl halides is 3. The fraction of sp³-hybridized carbons (Fsp3) is 0.167. The molecule has 0 amide bonds. The Balaban J connectivity index is 2.57. The molecule has 0 bridgehead atoms. The van der Waals surface area contributed by atoms with Gasteiger partial charge in [0.15, 0.2) is 0 Å². The van der Waals surface area contributed by atoms with Crippen LogP contribution in [0, 0.1) is 17.0 Å². The molecule has 0 unspecified atom stereocenters. The number of rotatable bonds is 3. The van der Waals surface area contributed by atoms with Crippen molar-refractivity contribution in [2.24, 2.45) is 0 Å². The van der Waals surface area contributed by atoms with Gasteiger partial charge in [0.25, 0.3) is 5.69 Å². The standard InChI is InChI=1S/C12H7Cl3N2O4/c1-6-9(5-16-21-6)11(18)8-3-2-7(12(13,14)15)4-10(8)17(19)20/h2-5H,1H3. The predicted octanol–water partition coefficient (Wildman–Crippen LogP) is 3.95. The van der Waals surface area contributed by atoms with Crippen molar-refractivity contribution in [2.45, 2.75) is 10.7 Å². The Labute approximate surface area is 133 Å². The molecule has 1 heterocycles. The maximum atomic E-state index is 12.3. The molecule has 0 radical (unpaired) electrons. The first-order valence-corrected chi connectivity index (χ1v) is 6.67.